The highest BCUT2D eigenvalue weighted by Crippen LogP contribution is 2.38. The Morgan fingerprint density at radius 3 is 1.24 bits per heavy atom. The summed E-state index contributed by atoms with van der Waals surface area (Å²) in [7, 11) is 0. The maximum Gasteiger partial charge on any atom is 0.416 e. The fraction of sp³-hybridized carbons (Fsp3) is 0.211. The maximum absolute atomic E-state index is 13.0. The molecule has 0 spiro atoms. The van der Waals surface area contributed by atoms with Crippen LogP contribution < -0.4 is 4.57 Å². The van der Waals surface area contributed by atoms with Gasteiger partial charge in [-0.2, -0.15) is 52.7 Å². The molecule has 0 unspecified atom stereocenters. The lowest BCUT2D eigenvalue weighted by Crippen LogP contribution is -2.29. The summed E-state index contributed by atoms with van der Waals surface area (Å²) in [5.41, 5.74) is -7.92. The van der Waals surface area contributed by atoms with Gasteiger partial charge in [-0.1, -0.05) is 0 Å². The number of hydrogen-bond acceptors (Lipinski definition) is 0. The molecule has 0 radical (unpaired) electrons. The number of nitrogens with zero attached hydrogens (tertiary/aromatic N) is 2. The second kappa shape index (κ2) is 7.70. The molecule has 0 aliphatic rings. The number of rotatable bonds is 2. The SMILES string of the molecule is FC(F)(F)c1cc(-n2cc[n+](-c3cc(C(F)(F)F)cc(C(F)(F)F)c3)c2)cc(C(F)(F)F)c1. The Bertz CT molecular complexity index is 1010. The highest BCUT2D eigenvalue weighted by molar-refractivity contribution is 5.43. The lowest BCUT2D eigenvalue weighted by atomic mass is 10.1. The first-order chi connectivity index (χ1) is 14.9. The highest BCUT2D eigenvalue weighted by Gasteiger charge is 2.39. The van der Waals surface area contributed by atoms with Crippen LogP contribution in [0.15, 0.2) is 55.1 Å². The van der Waals surface area contributed by atoms with Crippen LogP contribution in [0.3, 0.4) is 0 Å². The van der Waals surface area contributed by atoms with Gasteiger partial charge in [0.2, 0.25) is 0 Å². The second-order valence-electron chi connectivity index (χ2n) is 6.76. The Morgan fingerprint density at radius 1 is 0.515 bits per heavy atom. The first-order valence-electron chi connectivity index (χ1n) is 8.55. The zero-order valence-corrected chi connectivity index (χ0v) is 15.6. The number of benzene rings is 2. The van der Waals surface area contributed by atoms with E-state index in [9.17, 15) is 52.7 Å². The van der Waals surface area contributed by atoms with Gasteiger partial charge in [0.1, 0.15) is 23.8 Å². The number of imidazole rings is 1. The van der Waals surface area contributed by atoms with Gasteiger partial charge in [0.25, 0.3) is 6.33 Å². The van der Waals surface area contributed by atoms with Crippen LogP contribution in [0.2, 0.25) is 0 Å². The molecule has 1 heterocycles. The van der Waals surface area contributed by atoms with E-state index < -0.39 is 58.3 Å². The summed E-state index contributed by atoms with van der Waals surface area (Å²) in [6.07, 6.45) is -18.1. The fourth-order valence-corrected chi connectivity index (χ4v) is 2.84. The summed E-state index contributed by atoms with van der Waals surface area (Å²) in [4.78, 5) is 0. The van der Waals surface area contributed by atoms with Crippen molar-refractivity contribution in [2.24, 2.45) is 0 Å². The average molecular weight is 493 g/mol. The number of halogens is 12. The molecule has 3 rings (SSSR count). The summed E-state index contributed by atoms with van der Waals surface area (Å²) < 4.78 is 158. The predicted octanol–water partition coefficient (Wildman–Crippen LogP) is 6.83. The highest BCUT2D eigenvalue weighted by atomic mass is 19.4. The topological polar surface area (TPSA) is 8.81 Å². The van der Waals surface area contributed by atoms with Crippen LogP contribution in [0.5, 0.6) is 0 Å². The number of aromatic nitrogens is 2. The van der Waals surface area contributed by atoms with Crippen LogP contribution >= 0.6 is 0 Å². The lowest BCUT2D eigenvalue weighted by Gasteiger charge is -2.13. The molecule has 0 N–H and O–H groups in total. The molecular formula is C19H9F12N2+. The molecule has 3 aromatic rings. The van der Waals surface area contributed by atoms with Gasteiger partial charge in [0.05, 0.1) is 22.3 Å². The Morgan fingerprint density at radius 2 is 0.879 bits per heavy atom. The predicted molar refractivity (Wildman–Crippen MR) is 87.3 cm³/mol. The van der Waals surface area contributed by atoms with Crippen LogP contribution in [0.4, 0.5) is 52.7 Å². The quantitative estimate of drug-likeness (QED) is 0.274. The standard InChI is InChI=1S/C19H9F12N2/c20-16(21,22)10-3-11(17(23,24)25)6-14(5-10)32-1-2-33(9-32)15-7-12(18(26,27)28)4-13(8-15)19(29,30)31/h1-9H/q+1. The van der Waals surface area contributed by atoms with Gasteiger partial charge in [-0.15, -0.1) is 0 Å². The van der Waals surface area contributed by atoms with Crippen LogP contribution in [-0.4, -0.2) is 4.57 Å². The van der Waals surface area contributed by atoms with Crippen molar-refractivity contribution in [3.8, 4) is 11.4 Å². The van der Waals surface area contributed by atoms with E-state index in [1.54, 1.807) is 0 Å². The van der Waals surface area contributed by atoms with Crippen molar-refractivity contribution in [1.82, 2.24) is 4.57 Å². The molecule has 0 saturated carbocycles. The summed E-state index contributed by atoms with van der Waals surface area (Å²) in [6.45, 7) is 0. The molecule has 0 saturated heterocycles. The fourth-order valence-electron chi connectivity index (χ4n) is 2.84. The van der Waals surface area contributed by atoms with E-state index in [1.807, 2.05) is 0 Å². The minimum atomic E-state index is -5.15. The molecule has 0 aliphatic heterocycles. The summed E-state index contributed by atoms with van der Waals surface area (Å²) in [6, 6.07) is 1.17. The number of hydrogen-bond donors (Lipinski definition) is 0. The maximum atomic E-state index is 13.0. The van der Waals surface area contributed by atoms with E-state index in [4.69, 9.17) is 0 Å². The van der Waals surface area contributed by atoms with Gasteiger partial charge < -0.3 is 0 Å². The van der Waals surface area contributed by atoms with Gasteiger partial charge >= 0.3 is 24.7 Å². The van der Waals surface area contributed by atoms with E-state index in [0.29, 0.717) is 33.4 Å². The largest absolute Gasteiger partial charge is 0.416 e. The normalized spacial score (nSPS) is 13.5. The van der Waals surface area contributed by atoms with E-state index in [1.165, 1.54) is 0 Å². The van der Waals surface area contributed by atoms with E-state index in [0.717, 1.165) is 18.7 Å². The molecule has 2 nitrogen and oxygen atoms in total. The van der Waals surface area contributed by atoms with Gasteiger partial charge in [0, 0.05) is 0 Å². The van der Waals surface area contributed by atoms with Crippen molar-refractivity contribution >= 4 is 0 Å². The second-order valence-corrected chi connectivity index (χ2v) is 6.76. The molecule has 14 heteroatoms. The van der Waals surface area contributed by atoms with Crippen LogP contribution in [0.25, 0.3) is 11.4 Å². The molecular weight excluding hydrogens is 484 g/mol. The minimum Gasteiger partial charge on any atom is -0.202 e. The Kier molecular flexibility index (Phi) is 5.70. The molecule has 0 bridgehead atoms. The molecule has 0 atom stereocenters. The Hall–Kier alpha value is -3.19. The summed E-state index contributed by atoms with van der Waals surface area (Å²) >= 11 is 0. The van der Waals surface area contributed by atoms with E-state index >= 15 is 0 Å². The minimum absolute atomic E-state index is 0.122. The van der Waals surface area contributed by atoms with Crippen molar-refractivity contribution in [2.45, 2.75) is 24.7 Å². The Balaban J connectivity index is 2.15. The smallest absolute Gasteiger partial charge is 0.202 e. The molecule has 178 valence electrons. The van der Waals surface area contributed by atoms with Gasteiger partial charge in [-0.05, 0) is 36.4 Å². The van der Waals surface area contributed by atoms with Gasteiger partial charge in [-0.3, -0.25) is 0 Å². The Labute approximate surface area is 176 Å². The third-order valence-corrected chi connectivity index (χ3v) is 4.38. The van der Waals surface area contributed by atoms with E-state index in [2.05, 4.69) is 0 Å². The van der Waals surface area contributed by atoms with Crippen molar-refractivity contribution in [3.05, 3.63) is 77.4 Å². The molecule has 2 aromatic carbocycles. The number of alkyl halides is 12. The van der Waals surface area contributed by atoms with Crippen molar-refractivity contribution in [1.29, 1.82) is 0 Å². The van der Waals surface area contributed by atoms with Gasteiger partial charge in [0.15, 0.2) is 0 Å². The molecule has 1 aromatic heterocycles. The van der Waals surface area contributed by atoms with Crippen LogP contribution in [-0.2, 0) is 24.7 Å². The lowest BCUT2D eigenvalue weighted by molar-refractivity contribution is -0.595. The monoisotopic (exact) mass is 493 g/mol. The van der Waals surface area contributed by atoms with Crippen molar-refractivity contribution in [3.63, 3.8) is 0 Å². The molecule has 33 heavy (non-hydrogen) atoms. The zero-order valence-electron chi connectivity index (χ0n) is 15.6. The van der Waals surface area contributed by atoms with Crippen molar-refractivity contribution in [2.75, 3.05) is 0 Å². The van der Waals surface area contributed by atoms with Crippen LogP contribution in [0.1, 0.15) is 22.3 Å². The average Bonchev–Trinajstić information content (AvgIpc) is 3.15. The van der Waals surface area contributed by atoms with Crippen molar-refractivity contribution < 1.29 is 57.3 Å². The first-order valence-corrected chi connectivity index (χ1v) is 8.55. The molecule has 0 amide bonds. The van der Waals surface area contributed by atoms with Gasteiger partial charge in [-0.25, -0.2) is 9.13 Å². The first kappa shape index (κ1) is 24.5. The third-order valence-electron chi connectivity index (χ3n) is 4.38. The van der Waals surface area contributed by atoms with E-state index in [-0.39, 0.29) is 12.1 Å². The summed E-state index contributed by atoms with van der Waals surface area (Å²) in [5.74, 6) is 0. The summed E-state index contributed by atoms with van der Waals surface area (Å²) in [5, 5.41) is 0. The molecule has 0 aliphatic carbocycles. The zero-order chi connectivity index (χ0) is 25.0. The third kappa shape index (κ3) is 5.42. The molecule has 0 fully saturated rings. The van der Waals surface area contributed by atoms with Crippen LogP contribution in [0, 0.1) is 0 Å².